The maximum Gasteiger partial charge on any atom is 0.245 e. The Morgan fingerprint density at radius 2 is 2.24 bits per heavy atom. The highest BCUT2D eigenvalue weighted by Crippen LogP contribution is 2.15. The molecule has 1 heterocycles. The summed E-state index contributed by atoms with van der Waals surface area (Å²) in [6, 6.07) is -0.380. The molecule has 0 radical (unpaired) electrons. The molecule has 0 bridgehead atoms. The minimum atomic E-state index is -0.380. The predicted octanol–water partition coefficient (Wildman–Crippen LogP) is 1.33. The van der Waals surface area contributed by atoms with Gasteiger partial charge >= 0.3 is 0 Å². The average Bonchev–Trinajstić information content (AvgIpc) is 2.40. The molecule has 1 aliphatic heterocycles. The lowest BCUT2D eigenvalue weighted by atomic mass is 9.98. The molecule has 1 fully saturated rings. The van der Waals surface area contributed by atoms with Crippen molar-refractivity contribution in [2.24, 2.45) is 5.92 Å². The van der Waals surface area contributed by atoms with Crippen molar-refractivity contribution in [2.75, 3.05) is 13.1 Å². The lowest BCUT2D eigenvalue weighted by Gasteiger charge is -2.27. The molecule has 2 atom stereocenters. The molecule has 0 saturated carbocycles. The lowest BCUT2D eigenvalue weighted by molar-refractivity contribution is -0.134. The fraction of sp³-hybridized carbons (Fsp3) is 0.692. The van der Waals surface area contributed by atoms with E-state index in [1.54, 1.807) is 4.90 Å². The van der Waals surface area contributed by atoms with Gasteiger partial charge in [-0.15, -0.1) is 0 Å². The summed E-state index contributed by atoms with van der Waals surface area (Å²) in [7, 11) is 0. The maximum absolute atomic E-state index is 12.3. The first-order chi connectivity index (χ1) is 7.95. The van der Waals surface area contributed by atoms with Crippen molar-refractivity contribution in [2.45, 2.75) is 39.7 Å². The van der Waals surface area contributed by atoms with Gasteiger partial charge in [0.2, 0.25) is 11.8 Å². The molecular formula is C13H22N2O2. The van der Waals surface area contributed by atoms with E-state index in [2.05, 4.69) is 11.9 Å². The molecule has 4 heteroatoms. The van der Waals surface area contributed by atoms with Gasteiger partial charge < -0.3 is 10.2 Å². The summed E-state index contributed by atoms with van der Waals surface area (Å²) in [6.07, 6.45) is 1.25. The van der Waals surface area contributed by atoms with Crippen LogP contribution in [0.4, 0.5) is 0 Å². The molecule has 0 aromatic heterocycles. The van der Waals surface area contributed by atoms with E-state index >= 15 is 0 Å². The van der Waals surface area contributed by atoms with E-state index in [1.807, 2.05) is 20.8 Å². The van der Waals surface area contributed by atoms with Gasteiger partial charge in [0.05, 0.1) is 0 Å². The average molecular weight is 238 g/mol. The van der Waals surface area contributed by atoms with Crippen LogP contribution in [0.2, 0.25) is 0 Å². The Kier molecular flexibility index (Phi) is 4.73. The van der Waals surface area contributed by atoms with Crippen LogP contribution >= 0.6 is 0 Å². The molecule has 0 spiro atoms. The summed E-state index contributed by atoms with van der Waals surface area (Å²) in [4.78, 5) is 25.6. The molecule has 1 aliphatic rings. The number of nitrogens with zero attached hydrogens (tertiary/aromatic N) is 1. The summed E-state index contributed by atoms with van der Waals surface area (Å²) < 4.78 is 0. The van der Waals surface area contributed by atoms with Crippen LogP contribution in [-0.2, 0) is 9.59 Å². The van der Waals surface area contributed by atoms with E-state index in [0.717, 1.165) is 12.0 Å². The molecule has 96 valence electrons. The third-order valence-corrected chi connectivity index (χ3v) is 3.18. The standard InChI is InChI=1S/C13H22N2O2/c1-5-10(4)12-13(17)15(8-9(2)3)7-6-11(16)14-12/h10,12H,2,5-8H2,1,3-4H3,(H,14,16). The highest BCUT2D eigenvalue weighted by atomic mass is 16.2. The Labute approximate surface area is 103 Å². The predicted molar refractivity (Wildman–Crippen MR) is 67.4 cm³/mol. The van der Waals surface area contributed by atoms with Crippen molar-refractivity contribution in [3.8, 4) is 0 Å². The summed E-state index contributed by atoms with van der Waals surface area (Å²) in [5.41, 5.74) is 0.940. The maximum atomic E-state index is 12.3. The van der Waals surface area contributed by atoms with Crippen LogP contribution in [0.1, 0.15) is 33.6 Å². The van der Waals surface area contributed by atoms with Crippen molar-refractivity contribution < 1.29 is 9.59 Å². The largest absolute Gasteiger partial charge is 0.344 e. The highest BCUT2D eigenvalue weighted by Gasteiger charge is 2.32. The zero-order valence-corrected chi connectivity index (χ0v) is 11.0. The van der Waals surface area contributed by atoms with Crippen LogP contribution in [0.5, 0.6) is 0 Å². The molecule has 0 aromatic carbocycles. The van der Waals surface area contributed by atoms with Crippen molar-refractivity contribution in [1.29, 1.82) is 0 Å². The molecule has 1 rings (SSSR count). The van der Waals surface area contributed by atoms with Crippen LogP contribution < -0.4 is 5.32 Å². The van der Waals surface area contributed by atoms with E-state index in [4.69, 9.17) is 0 Å². The van der Waals surface area contributed by atoms with Crippen molar-refractivity contribution in [1.82, 2.24) is 10.2 Å². The van der Waals surface area contributed by atoms with Gasteiger partial charge in [-0.1, -0.05) is 32.4 Å². The number of carbonyl (C=O) groups excluding carboxylic acids is 2. The third-order valence-electron chi connectivity index (χ3n) is 3.18. The van der Waals surface area contributed by atoms with Gasteiger partial charge in [-0.3, -0.25) is 9.59 Å². The number of amides is 2. The molecule has 17 heavy (non-hydrogen) atoms. The number of rotatable bonds is 4. The lowest BCUT2D eigenvalue weighted by Crippen LogP contribution is -2.48. The normalized spacial score (nSPS) is 23.0. The molecule has 0 aromatic rings. The van der Waals surface area contributed by atoms with Crippen molar-refractivity contribution in [3.63, 3.8) is 0 Å². The van der Waals surface area contributed by atoms with Crippen LogP contribution in [0.15, 0.2) is 12.2 Å². The van der Waals surface area contributed by atoms with Crippen LogP contribution in [0.25, 0.3) is 0 Å². The van der Waals surface area contributed by atoms with E-state index in [1.165, 1.54) is 0 Å². The van der Waals surface area contributed by atoms with Gasteiger partial charge in [0.25, 0.3) is 0 Å². The minimum Gasteiger partial charge on any atom is -0.344 e. The summed E-state index contributed by atoms with van der Waals surface area (Å²) in [5, 5.41) is 2.82. The minimum absolute atomic E-state index is 0.0215. The zero-order chi connectivity index (χ0) is 13.0. The molecule has 0 aliphatic carbocycles. The zero-order valence-electron chi connectivity index (χ0n) is 11.0. The summed E-state index contributed by atoms with van der Waals surface area (Å²) >= 11 is 0. The van der Waals surface area contributed by atoms with E-state index < -0.39 is 0 Å². The first-order valence-electron chi connectivity index (χ1n) is 6.18. The first-order valence-corrected chi connectivity index (χ1v) is 6.18. The number of hydrogen-bond donors (Lipinski definition) is 1. The SMILES string of the molecule is C=C(C)CN1CCC(=O)NC(C(C)CC)C1=O. The highest BCUT2D eigenvalue weighted by molar-refractivity contribution is 5.90. The smallest absolute Gasteiger partial charge is 0.245 e. The summed E-state index contributed by atoms with van der Waals surface area (Å²) in [5.74, 6) is 0.151. The van der Waals surface area contributed by atoms with Gasteiger partial charge in [0.15, 0.2) is 0 Å². The molecule has 4 nitrogen and oxygen atoms in total. The second-order valence-electron chi connectivity index (χ2n) is 4.90. The second kappa shape index (κ2) is 5.84. The Bertz CT molecular complexity index is 325. The van der Waals surface area contributed by atoms with Gasteiger partial charge in [0, 0.05) is 19.5 Å². The Hall–Kier alpha value is -1.32. The quantitative estimate of drug-likeness (QED) is 0.751. The first kappa shape index (κ1) is 13.7. The number of carbonyl (C=O) groups is 2. The Balaban J connectivity index is 2.84. The monoisotopic (exact) mass is 238 g/mol. The van der Waals surface area contributed by atoms with E-state index in [0.29, 0.717) is 19.5 Å². The molecule has 1 saturated heterocycles. The van der Waals surface area contributed by atoms with Crippen molar-refractivity contribution in [3.05, 3.63) is 12.2 Å². The number of nitrogens with one attached hydrogen (secondary N) is 1. The molecule has 2 amide bonds. The van der Waals surface area contributed by atoms with Gasteiger partial charge in [-0.2, -0.15) is 0 Å². The second-order valence-corrected chi connectivity index (χ2v) is 4.90. The fourth-order valence-corrected chi connectivity index (χ4v) is 1.95. The molecular weight excluding hydrogens is 216 g/mol. The van der Waals surface area contributed by atoms with Crippen LogP contribution in [-0.4, -0.2) is 35.8 Å². The van der Waals surface area contributed by atoms with Crippen LogP contribution in [0, 0.1) is 5.92 Å². The molecule has 2 unspecified atom stereocenters. The topological polar surface area (TPSA) is 49.4 Å². The van der Waals surface area contributed by atoms with E-state index in [9.17, 15) is 9.59 Å². The van der Waals surface area contributed by atoms with E-state index in [-0.39, 0.29) is 23.8 Å². The Morgan fingerprint density at radius 1 is 1.59 bits per heavy atom. The number of hydrogen-bond acceptors (Lipinski definition) is 2. The molecule has 1 N–H and O–H groups in total. The van der Waals surface area contributed by atoms with Gasteiger partial charge in [-0.25, -0.2) is 0 Å². The van der Waals surface area contributed by atoms with Crippen molar-refractivity contribution >= 4 is 11.8 Å². The van der Waals surface area contributed by atoms with Gasteiger partial charge in [-0.05, 0) is 12.8 Å². The Morgan fingerprint density at radius 3 is 2.76 bits per heavy atom. The van der Waals surface area contributed by atoms with Crippen LogP contribution in [0.3, 0.4) is 0 Å². The van der Waals surface area contributed by atoms with Gasteiger partial charge in [0.1, 0.15) is 6.04 Å². The summed E-state index contributed by atoms with van der Waals surface area (Å²) in [6.45, 7) is 10.8. The fourth-order valence-electron chi connectivity index (χ4n) is 1.95. The third kappa shape index (κ3) is 3.58.